The lowest BCUT2D eigenvalue weighted by Crippen LogP contribution is -3.00. The van der Waals surface area contributed by atoms with Crippen molar-refractivity contribution in [3.8, 4) is 0 Å². The van der Waals surface area contributed by atoms with Crippen LogP contribution in [0.4, 0.5) is 0 Å². The molecule has 0 unspecified atom stereocenters. The molecule has 0 radical (unpaired) electrons. The fourth-order valence-electron chi connectivity index (χ4n) is 4.48. The third kappa shape index (κ3) is 8.97. The van der Waals surface area contributed by atoms with Crippen molar-refractivity contribution in [2.24, 2.45) is 0 Å². The molecule has 0 amide bonds. The van der Waals surface area contributed by atoms with Gasteiger partial charge in [0.15, 0.2) is 0 Å². The van der Waals surface area contributed by atoms with E-state index in [4.69, 9.17) is 0 Å². The van der Waals surface area contributed by atoms with Gasteiger partial charge in [-0.3, -0.25) is 0 Å². The Balaban J connectivity index is 0.00000450. The number of piperazine rings is 1. The largest absolute Gasteiger partial charge is 1.00 e. The van der Waals surface area contributed by atoms with Crippen molar-refractivity contribution in [1.29, 1.82) is 0 Å². The number of likely N-dealkylation sites (N-methyl/N-ethyl adjacent to an activating group) is 1. The lowest BCUT2D eigenvalue weighted by atomic mass is 10.1. The molecule has 0 N–H and O–H groups in total. The minimum absolute atomic E-state index is 0. The first-order valence-corrected chi connectivity index (χ1v) is 13.4. The lowest BCUT2D eigenvalue weighted by molar-refractivity contribution is -0.942. The molecule has 1 aromatic carbocycles. The van der Waals surface area contributed by atoms with Crippen LogP contribution in [-0.4, -0.2) is 55.7 Å². The van der Waals surface area contributed by atoms with Crippen LogP contribution in [0.15, 0.2) is 24.3 Å². The van der Waals surface area contributed by atoms with Crippen LogP contribution in [0.1, 0.15) is 76.3 Å². The molecule has 0 saturated carbocycles. The van der Waals surface area contributed by atoms with Gasteiger partial charge in [0.1, 0.15) is 6.54 Å². The molecule has 1 aliphatic rings. The Morgan fingerprint density at radius 1 is 0.933 bits per heavy atom. The van der Waals surface area contributed by atoms with E-state index in [-0.39, 0.29) is 17.0 Å². The van der Waals surface area contributed by atoms with Crippen LogP contribution in [0.25, 0.3) is 0 Å². The van der Waals surface area contributed by atoms with Crippen LogP contribution in [0.2, 0.25) is 0 Å². The standard InChI is InChI=1S/C24H43N2O2S.BrH/c1-4-6-7-8-9-10-11-12-20-29(27,28)25-16-18-26(5-2,19-17-25)22-24-15-13-14-23(3)21-24;/h13-15,21H,4-12,16-20,22H2,1-3H3;1H/q+1;/p-1. The number of aryl methyl sites for hydroxylation is 1. The van der Waals surface area contributed by atoms with Crippen LogP contribution in [-0.2, 0) is 16.6 Å². The molecule has 4 nitrogen and oxygen atoms in total. The predicted octanol–water partition coefficient (Wildman–Crippen LogP) is 2.12. The van der Waals surface area contributed by atoms with E-state index in [1.54, 1.807) is 4.31 Å². The predicted molar refractivity (Wildman–Crippen MR) is 123 cm³/mol. The van der Waals surface area contributed by atoms with E-state index in [9.17, 15) is 8.42 Å². The number of nitrogens with zero attached hydrogens (tertiary/aromatic N) is 2. The second-order valence-electron chi connectivity index (χ2n) is 8.94. The van der Waals surface area contributed by atoms with Crippen molar-refractivity contribution >= 4 is 10.0 Å². The molecule has 1 fully saturated rings. The Hall–Kier alpha value is -0.430. The molecule has 1 saturated heterocycles. The van der Waals surface area contributed by atoms with Crippen LogP contribution < -0.4 is 17.0 Å². The van der Waals surface area contributed by atoms with Crippen LogP contribution in [0, 0.1) is 6.92 Å². The maximum absolute atomic E-state index is 12.8. The Kier molecular flexibility index (Phi) is 12.8. The van der Waals surface area contributed by atoms with E-state index in [0.717, 1.165) is 43.5 Å². The first-order valence-electron chi connectivity index (χ1n) is 11.8. The summed E-state index contributed by atoms with van der Waals surface area (Å²) in [7, 11) is -3.10. The van der Waals surface area contributed by atoms with Gasteiger partial charge in [-0.05, 0) is 20.3 Å². The zero-order valence-electron chi connectivity index (χ0n) is 19.4. The third-order valence-corrected chi connectivity index (χ3v) is 8.52. The highest BCUT2D eigenvalue weighted by molar-refractivity contribution is 7.89. The molecule has 0 aliphatic carbocycles. The molecule has 0 atom stereocenters. The summed E-state index contributed by atoms with van der Waals surface area (Å²) in [5.41, 5.74) is 2.66. The minimum atomic E-state index is -3.10. The second-order valence-corrected chi connectivity index (χ2v) is 11.0. The number of quaternary nitrogens is 1. The third-order valence-electron chi connectivity index (χ3n) is 6.57. The fourth-order valence-corrected chi connectivity index (χ4v) is 6.03. The van der Waals surface area contributed by atoms with Crippen molar-refractivity contribution in [3.63, 3.8) is 0 Å². The molecular weight excluding hydrogens is 460 g/mol. The molecule has 6 heteroatoms. The van der Waals surface area contributed by atoms with E-state index < -0.39 is 10.0 Å². The number of hydrogen-bond acceptors (Lipinski definition) is 2. The Morgan fingerprint density at radius 3 is 2.10 bits per heavy atom. The number of rotatable bonds is 13. The molecule has 2 rings (SSSR count). The first kappa shape index (κ1) is 27.6. The van der Waals surface area contributed by atoms with Crippen molar-refractivity contribution in [2.45, 2.75) is 78.7 Å². The molecule has 0 spiro atoms. The molecule has 0 bridgehead atoms. The van der Waals surface area contributed by atoms with Crippen molar-refractivity contribution < 1.29 is 29.9 Å². The Labute approximate surface area is 196 Å². The number of benzene rings is 1. The van der Waals surface area contributed by atoms with E-state index in [1.807, 2.05) is 0 Å². The van der Waals surface area contributed by atoms with Gasteiger partial charge in [0.25, 0.3) is 0 Å². The molecular formula is C24H43BrN2O2S. The van der Waals surface area contributed by atoms with Crippen molar-refractivity contribution in [1.82, 2.24) is 4.31 Å². The molecule has 1 aromatic rings. The van der Waals surface area contributed by atoms with Gasteiger partial charge in [0.05, 0.1) is 38.5 Å². The topological polar surface area (TPSA) is 37.4 Å². The highest BCUT2D eigenvalue weighted by Gasteiger charge is 2.35. The fraction of sp³-hybridized carbons (Fsp3) is 0.750. The summed E-state index contributed by atoms with van der Waals surface area (Å²) in [4.78, 5) is 0. The first-order chi connectivity index (χ1) is 13.9. The van der Waals surface area contributed by atoms with Crippen molar-refractivity contribution in [2.75, 3.05) is 38.5 Å². The number of hydrogen-bond donors (Lipinski definition) is 0. The maximum Gasteiger partial charge on any atom is 0.214 e. The van der Waals surface area contributed by atoms with Gasteiger partial charge in [-0.1, -0.05) is 81.7 Å². The molecule has 174 valence electrons. The van der Waals surface area contributed by atoms with Gasteiger partial charge in [0, 0.05) is 5.56 Å². The van der Waals surface area contributed by atoms with Gasteiger partial charge in [-0.2, -0.15) is 4.31 Å². The summed E-state index contributed by atoms with van der Waals surface area (Å²) < 4.78 is 28.3. The van der Waals surface area contributed by atoms with Crippen LogP contribution >= 0.6 is 0 Å². The van der Waals surface area contributed by atoms with Crippen LogP contribution in [0.5, 0.6) is 0 Å². The molecule has 1 heterocycles. The van der Waals surface area contributed by atoms with Gasteiger partial charge in [-0.25, -0.2) is 8.42 Å². The van der Waals surface area contributed by atoms with Gasteiger partial charge < -0.3 is 21.5 Å². The Morgan fingerprint density at radius 2 is 1.53 bits per heavy atom. The van der Waals surface area contributed by atoms with E-state index in [0.29, 0.717) is 18.8 Å². The number of halogens is 1. The summed E-state index contributed by atoms with van der Waals surface area (Å²) in [5.74, 6) is 0.325. The Bertz CT molecular complexity index is 701. The number of unbranched alkanes of at least 4 members (excludes halogenated alkanes) is 7. The quantitative estimate of drug-likeness (QED) is 0.306. The normalized spacial score (nSPS) is 16.9. The van der Waals surface area contributed by atoms with Crippen LogP contribution in [0.3, 0.4) is 0 Å². The zero-order chi connectivity index (χ0) is 21.2. The summed E-state index contributed by atoms with van der Waals surface area (Å²) in [6, 6.07) is 8.73. The van der Waals surface area contributed by atoms with Gasteiger partial charge in [-0.15, -0.1) is 0 Å². The lowest BCUT2D eigenvalue weighted by Gasteiger charge is -2.44. The highest BCUT2D eigenvalue weighted by atomic mass is 79.9. The monoisotopic (exact) mass is 502 g/mol. The maximum atomic E-state index is 12.8. The number of sulfonamides is 1. The van der Waals surface area contributed by atoms with Crippen molar-refractivity contribution in [3.05, 3.63) is 35.4 Å². The summed E-state index contributed by atoms with van der Waals surface area (Å²) in [6.07, 6.45) is 9.49. The molecule has 1 aliphatic heterocycles. The van der Waals surface area contributed by atoms with Gasteiger partial charge in [0.2, 0.25) is 10.0 Å². The summed E-state index contributed by atoms with van der Waals surface area (Å²) in [6.45, 7) is 11.8. The summed E-state index contributed by atoms with van der Waals surface area (Å²) in [5, 5.41) is 0. The highest BCUT2D eigenvalue weighted by Crippen LogP contribution is 2.21. The summed E-state index contributed by atoms with van der Waals surface area (Å²) >= 11 is 0. The second kappa shape index (κ2) is 13.9. The SMILES string of the molecule is CCCCCCCCCCS(=O)(=O)N1CC[N+](CC)(Cc2cccc(C)c2)CC1.[Br-]. The van der Waals surface area contributed by atoms with E-state index >= 15 is 0 Å². The van der Waals surface area contributed by atoms with E-state index in [1.165, 1.54) is 49.7 Å². The van der Waals surface area contributed by atoms with Gasteiger partial charge >= 0.3 is 0 Å². The average Bonchev–Trinajstić information content (AvgIpc) is 2.70. The molecule has 30 heavy (non-hydrogen) atoms. The average molecular weight is 504 g/mol. The zero-order valence-corrected chi connectivity index (χ0v) is 21.8. The smallest absolute Gasteiger partial charge is 0.214 e. The minimum Gasteiger partial charge on any atom is -1.00 e. The molecule has 0 aromatic heterocycles. The van der Waals surface area contributed by atoms with E-state index in [2.05, 4.69) is 45.0 Å².